The number of fused-ring (bicyclic) bond motifs is 1. The van der Waals surface area contributed by atoms with Crippen molar-refractivity contribution in [1.29, 1.82) is 5.26 Å². The topological polar surface area (TPSA) is 98.0 Å². The molecule has 1 aromatic carbocycles. The summed E-state index contributed by atoms with van der Waals surface area (Å²) in [7, 11) is 0. The lowest BCUT2D eigenvalue weighted by atomic mass is 9.75. The smallest absolute Gasteiger partial charge is 0.220 e. The first-order valence-electron chi connectivity index (χ1n) is 10.4. The van der Waals surface area contributed by atoms with Crippen molar-refractivity contribution >= 4 is 28.9 Å². The Kier molecular flexibility index (Phi) is 5.16. The van der Waals surface area contributed by atoms with Crippen LogP contribution in [0, 0.1) is 17.3 Å². The minimum Gasteiger partial charge on any atom is -0.385 e. The quantitative estimate of drug-likeness (QED) is 0.574. The van der Waals surface area contributed by atoms with Crippen LogP contribution in [0.4, 0.5) is 21.7 Å². The summed E-state index contributed by atoms with van der Waals surface area (Å²) >= 11 is 6.19. The number of nitrogens with one attached hydrogen (secondary N) is 1. The second-order valence-electron chi connectivity index (χ2n) is 8.14. The molecule has 1 fully saturated rings. The van der Waals surface area contributed by atoms with Gasteiger partial charge >= 0.3 is 0 Å². The van der Waals surface area contributed by atoms with Gasteiger partial charge in [0, 0.05) is 23.4 Å². The molecule has 9 heteroatoms. The summed E-state index contributed by atoms with van der Waals surface area (Å²) in [5.74, 6) is 0.259. The minimum atomic E-state index is -1.10. The summed E-state index contributed by atoms with van der Waals surface area (Å²) < 4.78 is 14.6. The van der Waals surface area contributed by atoms with Gasteiger partial charge in [0.15, 0.2) is 0 Å². The van der Waals surface area contributed by atoms with Gasteiger partial charge < -0.3 is 15.3 Å². The van der Waals surface area contributed by atoms with Crippen LogP contribution >= 0.6 is 11.6 Å². The van der Waals surface area contributed by atoms with Gasteiger partial charge in [0.2, 0.25) is 5.95 Å². The SMILES string of the molecule is N#Cc1ccc(N2CCc3c(ncnc3Nc3ccc(C4(O)CCC4)c(F)n3)C2)cc1Cl. The van der Waals surface area contributed by atoms with Gasteiger partial charge in [0.1, 0.15) is 24.0 Å². The van der Waals surface area contributed by atoms with E-state index in [0.29, 0.717) is 54.6 Å². The number of halogens is 2. The van der Waals surface area contributed by atoms with Crippen molar-refractivity contribution < 1.29 is 9.50 Å². The number of anilines is 3. The first-order valence-corrected chi connectivity index (χ1v) is 10.8. The molecule has 0 spiro atoms. The molecule has 2 aromatic heterocycles. The Morgan fingerprint density at radius 1 is 1.22 bits per heavy atom. The van der Waals surface area contributed by atoms with E-state index in [-0.39, 0.29) is 5.56 Å². The third kappa shape index (κ3) is 3.64. The van der Waals surface area contributed by atoms with E-state index in [1.165, 1.54) is 6.33 Å². The molecule has 0 unspecified atom stereocenters. The highest BCUT2D eigenvalue weighted by Crippen LogP contribution is 2.42. The van der Waals surface area contributed by atoms with Gasteiger partial charge in [-0.2, -0.15) is 9.65 Å². The molecule has 1 saturated carbocycles. The van der Waals surface area contributed by atoms with Crippen LogP contribution in [-0.2, 0) is 18.6 Å². The molecule has 3 heterocycles. The van der Waals surface area contributed by atoms with Crippen molar-refractivity contribution in [3.05, 3.63) is 70.0 Å². The van der Waals surface area contributed by atoms with Gasteiger partial charge in [-0.3, -0.25) is 0 Å². The number of nitriles is 1. The molecular formula is C23H20ClFN6O. The molecule has 0 bridgehead atoms. The van der Waals surface area contributed by atoms with Crippen molar-refractivity contribution in [3.8, 4) is 6.07 Å². The fourth-order valence-electron chi connectivity index (χ4n) is 4.23. The summed E-state index contributed by atoms with van der Waals surface area (Å²) in [5.41, 5.74) is 2.32. The number of hydrogen-bond acceptors (Lipinski definition) is 7. The fraction of sp³-hybridized carbons (Fsp3) is 0.304. The second kappa shape index (κ2) is 8.01. The zero-order valence-corrected chi connectivity index (χ0v) is 17.9. The average Bonchev–Trinajstić information content (AvgIpc) is 2.77. The maximum Gasteiger partial charge on any atom is 0.220 e. The van der Waals surface area contributed by atoms with Crippen molar-refractivity contribution in [2.24, 2.45) is 0 Å². The minimum absolute atomic E-state index is 0.246. The van der Waals surface area contributed by atoms with Gasteiger partial charge in [-0.15, -0.1) is 0 Å². The number of aliphatic hydroxyl groups is 1. The first-order chi connectivity index (χ1) is 15.5. The van der Waals surface area contributed by atoms with Gasteiger partial charge in [0.05, 0.1) is 28.4 Å². The van der Waals surface area contributed by atoms with E-state index in [1.807, 2.05) is 6.07 Å². The molecule has 2 aliphatic rings. The third-order valence-electron chi connectivity index (χ3n) is 6.22. The van der Waals surface area contributed by atoms with E-state index >= 15 is 0 Å². The van der Waals surface area contributed by atoms with Crippen molar-refractivity contribution in [1.82, 2.24) is 15.0 Å². The number of benzene rings is 1. The van der Waals surface area contributed by atoms with Crippen molar-refractivity contribution in [2.45, 2.75) is 37.8 Å². The molecule has 2 N–H and O–H groups in total. The van der Waals surface area contributed by atoms with Crippen LogP contribution in [-0.4, -0.2) is 26.6 Å². The lowest BCUT2D eigenvalue weighted by molar-refractivity contribution is -0.0421. The maximum atomic E-state index is 14.6. The summed E-state index contributed by atoms with van der Waals surface area (Å²) in [5, 5.41) is 23.0. The maximum absolute atomic E-state index is 14.6. The molecule has 3 aromatic rings. The van der Waals surface area contributed by atoms with Crippen LogP contribution in [0.2, 0.25) is 5.02 Å². The Morgan fingerprint density at radius 2 is 2.06 bits per heavy atom. The number of pyridine rings is 1. The number of rotatable bonds is 4. The molecule has 7 nitrogen and oxygen atoms in total. The van der Waals surface area contributed by atoms with E-state index in [4.69, 9.17) is 16.9 Å². The standard InChI is InChI=1S/C23H20ClFN6O/c24-18-10-15(3-2-14(18)11-26)31-9-6-16-19(12-31)27-13-28-22(16)30-20-5-4-17(21(25)29-20)23(32)7-1-8-23/h2-5,10,13,32H,1,6-9,12H2,(H,27,28,29,30). The van der Waals surface area contributed by atoms with Crippen LogP contribution in [0.1, 0.15) is 41.6 Å². The van der Waals surface area contributed by atoms with Crippen LogP contribution < -0.4 is 10.2 Å². The Hall–Kier alpha value is -3.28. The van der Waals surface area contributed by atoms with E-state index in [0.717, 1.165) is 23.4 Å². The molecule has 162 valence electrons. The summed E-state index contributed by atoms with van der Waals surface area (Å²) in [6.07, 6.45) is 4.14. The number of nitrogens with zero attached hydrogens (tertiary/aromatic N) is 5. The predicted molar refractivity (Wildman–Crippen MR) is 118 cm³/mol. The molecule has 0 saturated heterocycles. The van der Waals surface area contributed by atoms with E-state index < -0.39 is 11.5 Å². The summed E-state index contributed by atoms with van der Waals surface area (Å²) in [4.78, 5) is 14.9. The third-order valence-corrected chi connectivity index (χ3v) is 6.54. The zero-order chi connectivity index (χ0) is 22.3. The Labute approximate surface area is 189 Å². The fourth-order valence-corrected chi connectivity index (χ4v) is 4.44. The Bertz CT molecular complexity index is 1240. The zero-order valence-electron chi connectivity index (χ0n) is 17.1. The van der Waals surface area contributed by atoms with Crippen LogP contribution in [0.25, 0.3) is 0 Å². The molecule has 0 atom stereocenters. The van der Waals surface area contributed by atoms with Gasteiger partial charge in [-0.25, -0.2) is 15.0 Å². The molecule has 1 aliphatic heterocycles. The van der Waals surface area contributed by atoms with E-state index in [1.54, 1.807) is 24.3 Å². The molecule has 32 heavy (non-hydrogen) atoms. The highest BCUT2D eigenvalue weighted by molar-refractivity contribution is 6.32. The molecule has 1 aliphatic carbocycles. The molecular weight excluding hydrogens is 431 g/mol. The second-order valence-corrected chi connectivity index (χ2v) is 8.55. The van der Waals surface area contributed by atoms with Crippen LogP contribution in [0.5, 0.6) is 0 Å². The molecule has 0 amide bonds. The van der Waals surface area contributed by atoms with Crippen molar-refractivity contribution in [2.75, 3.05) is 16.8 Å². The predicted octanol–water partition coefficient (Wildman–Crippen LogP) is 4.21. The monoisotopic (exact) mass is 450 g/mol. The lowest BCUT2D eigenvalue weighted by Crippen LogP contribution is -2.35. The van der Waals surface area contributed by atoms with Crippen LogP contribution in [0.15, 0.2) is 36.7 Å². The summed E-state index contributed by atoms with van der Waals surface area (Å²) in [6, 6.07) is 10.7. The van der Waals surface area contributed by atoms with E-state index in [9.17, 15) is 9.50 Å². The highest BCUT2D eigenvalue weighted by atomic mass is 35.5. The normalized spacial score (nSPS) is 16.6. The van der Waals surface area contributed by atoms with E-state index in [2.05, 4.69) is 31.2 Å². The summed E-state index contributed by atoms with van der Waals surface area (Å²) in [6.45, 7) is 1.27. The Balaban J connectivity index is 1.36. The largest absolute Gasteiger partial charge is 0.385 e. The number of hydrogen-bond donors (Lipinski definition) is 2. The molecule has 5 rings (SSSR count). The average molecular weight is 451 g/mol. The van der Waals surface area contributed by atoms with Crippen molar-refractivity contribution in [3.63, 3.8) is 0 Å². The highest BCUT2D eigenvalue weighted by Gasteiger charge is 2.39. The number of aromatic nitrogens is 3. The molecule has 0 radical (unpaired) electrons. The first kappa shape index (κ1) is 20.6. The Morgan fingerprint density at radius 3 is 2.75 bits per heavy atom. The van der Waals surface area contributed by atoms with Crippen LogP contribution in [0.3, 0.4) is 0 Å². The lowest BCUT2D eigenvalue weighted by Gasteiger charge is -2.36. The van der Waals surface area contributed by atoms with Gasteiger partial charge in [-0.05, 0) is 56.0 Å². The van der Waals surface area contributed by atoms with Gasteiger partial charge in [-0.1, -0.05) is 11.6 Å². The van der Waals surface area contributed by atoms with Gasteiger partial charge in [0.25, 0.3) is 0 Å².